The number of nitrogens with one attached hydrogen (secondary N) is 1. The molecular formula is C20H17BrN2O2. The Kier molecular flexibility index (Phi) is 5.80. The van der Waals surface area contributed by atoms with Crippen LogP contribution in [0, 0.1) is 0 Å². The molecule has 0 spiro atoms. The minimum absolute atomic E-state index is 0.125. The van der Waals surface area contributed by atoms with Crippen molar-refractivity contribution in [2.45, 2.75) is 12.8 Å². The van der Waals surface area contributed by atoms with E-state index >= 15 is 0 Å². The van der Waals surface area contributed by atoms with E-state index in [-0.39, 0.29) is 5.91 Å². The maximum absolute atomic E-state index is 11.8. The summed E-state index contributed by atoms with van der Waals surface area (Å²) in [4.78, 5) is 11.8. The molecule has 0 fully saturated rings. The SMILES string of the molecule is O=C(CCc1ccccc1)NN=Cc1ccc(-c2ccc(Br)cc2)o1. The van der Waals surface area contributed by atoms with Crippen molar-refractivity contribution < 1.29 is 9.21 Å². The van der Waals surface area contributed by atoms with Crippen molar-refractivity contribution in [3.05, 3.63) is 82.5 Å². The third kappa shape index (κ3) is 5.16. The summed E-state index contributed by atoms with van der Waals surface area (Å²) >= 11 is 3.41. The number of benzene rings is 2. The van der Waals surface area contributed by atoms with E-state index in [0.29, 0.717) is 18.6 Å². The van der Waals surface area contributed by atoms with Crippen LogP contribution in [0.4, 0.5) is 0 Å². The van der Waals surface area contributed by atoms with Crippen molar-refractivity contribution in [3.63, 3.8) is 0 Å². The maximum Gasteiger partial charge on any atom is 0.240 e. The van der Waals surface area contributed by atoms with Crippen molar-refractivity contribution in [1.82, 2.24) is 5.43 Å². The fourth-order valence-corrected chi connectivity index (χ4v) is 2.58. The minimum Gasteiger partial charge on any atom is -0.455 e. The van der Waals surface area contributed by atoms with E-state index < -0.39 is 0 Å². The van der Waals surface area contributed by atoms with Crippen molar-refractivity contribution in [3.8, 4) is 11.3 Å². The van der Waals surface area contributed by atoms with Crippen LogP contribution in [0.1, 0.15) is 17.7 Å². The Labute approximate surface area is 154 Å². The minimum atomic E-state index is -0.125. The third-order valence-corrected chi connectivity index (χ3v) is 4.15. The molecule has 5 heteroatoms. The Bertz CT molecular complexity index is 855. The Morgan fingerprint density at radius 2 is 1.80 bits per heavy atom. The highest BCUT2D eigenvalue weighted by molar-refractivity contribution is 9.10. The van der Waals surface area contributed by atoms with Gasteiger partial charge in [-0.1, -0.05) is 58.4 Å². The lowest BCUT2D eigenvalue weighted by Crippen LogP contribution is -2.17. The number of hydrogen-bond acceptors (Lipinski definition) is 3. The Morgan fingerprint density at radius 1 is 1.04 bits per heavy atom. The molecule has 3 aromatic rings. The molecule has 0 unspecified atom stereocenters. The zero-order chi connectivity index (χ0) is 17.5. The van der Waals surface area contributed by atoms with Crippen LogP contribution in [0.25, 0.3) is 11.3 Å². The second-order valence-corrected chi connectivity index (χ2v) is 6.40. The average Bonchev–Trinajstić information content (AvgIpc) is 3.10. The smallest absolute Gasteiger partial charge is 0.240 e. The molecule has 25 heavy (non-hydrogen) atoms. The number of furan rings is 1. The van der Waals surface area contributed by atoms with Crippen LogP contribution in [0.3, 0.4) is 0 Å². The fourth-order valence-electron chi connectivity index (χ4n) is 2.32. The van der Waals surface area contributed by atoms with Gasteiger partial charge in [0, 0.05) is 16.5 Å². The Morgan fingerprint density at radius 3 is 2.56 bits per heavy atom. The molecule has 4 nitrogen and oxygen atoms in total. The first kappa shape index (κ1) is 17.2. The van der Waals surface area contributed by atoms with Crippen LogP contribution >= 0.6 is 15.9 Å². The van der Waals surface area contributed by atoms with E-state index in [1.807, 2.05) is 66.7 Å². The predicted molar refractivity (Wildman–Crippen MR) is 102 cm³/mol. The van der Waals surface area contributed by atoms with Gasteiger partial charge in [0.1, 0.15) is 11.5 Å². The van der Waals surface area contributed by atoms with Gasteiger partial charge in [-0.05, 0) is 36.2 Å². The second kappa shape index (κ2) is 8.44. The zero-order valence-corrected chi connectivity index (χ0v) is 15.1. The van der Waals surface area contributed by atoms with Gasteiger partial charge in [-0.15, -0.1) is 0 Å². The third-order valence-electron chi connectivity index (χ3n) is 3.62. The van der Waals surface area contributed by atoms with Gasteiger partial charge in [0.25, 0.3) is 0 Å². The molecule has 0 atom stereocenters. The van der Waals surface area contributed by atoms with Crippen LogP contribution in [0.5, 0.6) is 0 Å². The summed E-state index contributed by atoms with van der Waals surface area (Å²) in [6, 6.07) is 21.4. The van der Waals surface area contributed by atoms with Gasteiger partial charge >= 0.3 is 0 Å². The number of amides is 1. The summed E-state index contributed by atoms with van der Waals surface area (Å²) in [6.45, 7) is 0. The quantitative estimate of drug-likeness (QED) is 0.480. The monoisotopic (exact) mass is 396 g/mol. The molecule has 2 aromatic carbocycles. The van der Waals surface area contributed by atoms with Crippen molar-refractivity contribution in [2.75, 3.05) is 0 Å². The number of hydrogen-bond donors (Lipinski definition) is 1. The van der Waals surface area contributed by atoms with Gasteiger partial charge in [-0.3, -0.25) is 4.79 Å². The molecule has 0 radical (unpaired) electrons. The normalized spacial score (nSPS) is 10.9. The number of carbonyl (C=O) groups excluding carboxylic acids is 1. The predicted octanol–water partition coefficient (Wildman–Crippen LogP) is 4.79. The van der Waals surface area contributed by atoms with Gasteiger partial charge in [0.15, 0.2) is 0 Å². The standard InChI is InChI=1S/C20H17BrN2O2/c21-17-9-7-16(8-10-17)19-12-11-18(25-19)14-22-23-20(24)13-6-15-4-2-1-3-5-15/h1-5,7-12,14H,6,13H2,(H,23,24). The lowest BCUT2D eigenvalue weighted by molar-refractivity contribution is -0.121. The first-order valence-electron chi connectivity index (χ1n) is 7.92. The Balaban J connectivity index is 1.50. The highest BCUT2D eigenvalue weighted by Crippen LogP contribution is 2.23. The molecule has 1 amide bonds. The van der Waals surface area contributed by atoms with E-state index in [1.54, 1.807) is 0 Å². The number of hydrazone groups is 1. The molecule has 0 saturated carbocycles. The van der Waals surface area contributed by atoms with Crippen LogP contribution in [-0.2, 0) is 11.2 Å². The molecule has 1 aromatic heterocycles. The maximum atomic E-state index is 11.8. The first-order chi connectivity index (χ1) is 12.2. The molecule has 0 aliphatic carbocycles. The van der Waals surface area contributed by atoms with E-state index in [0.717, 1.165) is 21.4 Å². The topological polar surface area (TPSA) is 54.6 Å². The first-order valence-corrected chi connectivity index (χ1v) is 8.71. The number of halogens is 1. The van der Waals surface area contributed by atoms with Gasteiger partial charge in [-0.25, -0.2) is 5.43 Å². The number of nitrogens with zero attached hydrogens (tertiary/aromatic N) is 1. The number of aryl methyl sites for hydroxylation is 1. The van der Waals surface area contributed by atoms with Gasteiger partial charge in [0.2, 0.25) is 5.91 Å². The largest absolute Gasteiger partial charge is 0.455 e. The molecule has 0 aliphatic rings. The molecule has 0 bridgehead atoms. The van der Waals surface area contributed by atoms with Crippen molar-refractivity contribution >= 4 is 28.1 Å². The van der Waals surface area contributed by atoms with E-state index in [4.69, 9.17) is 4.42 Å². The summed E-state index contributed by atoms with van der Waals surface area (Å²) in [5.74, 6) is 1.21. The summed E-state index contributed by atoms with van der Waals surface area (Å²) in [6.07, 6.45) is 2.59. The van der Waals surface area contributed by atoms with E-state index in [1.165, 1.54) is 6.21 Å². The summed E-state index contributed by atoms with van der Waals surface area (Å²) in [7, 11) is 0. The summed E-state index contributed by atoms with van der Waals surface area (Å²) in [5.41, 5.74) is 4.63. The zero-order valence-electron chi connectivity index (χ0n) is 13.5. The van der Waals surface area contributed by atoms with Crippen molar-refractivity contribution in [1.29, 1.82) is 0 Å². The molecule has 0 aliphatic heterocycles. The lowest BCUT2D eigenvalue weighted by Gasteiger charge is -2.00. The highest BCUT2D eigenvalue weighted by atomic mass is 79.9. The van der Waals surface area contributed by atoms with E-state index in [9.17, 15) is 4.79 Å². The summed E-state index contributed by atoms with van der Waals surface area (Å²) < 4.78 is 6.72. The average molecular weight is 397 g/mol. The molecule has 1 N–H and O–H groups in total. The Hall–Kier alpha value is -2.66. The van der Waals surface area contributed by atoms with E-state index in [2.05, 4.69) is 26.5 Å². The summed E-state index contributed by atoms with van der Waals surface area (Å²) in [5, 5.41) is 3.95. The second-order valence-electron chi connectivity index (χ2n) is 5.49. The van der Waals surface area contributed by atoms with Gasteiger partial charge in [-0.2, -0.15) is 5.10 Å². The molecule has 3 rings (SSSR count). The highest BCUT2D eigenvalue weighted by Gasteiger charge is 2.04. The lowest BCUT2D eigenvalue weighted by atomic mass is 10.1. The molecule has 0 saturated heterocycles. The molecule has 126 valence electrons. The molecule has 1 heterocycles. The van der Waals surface area contributed by atoms with Crippen LogP contribution in [0.15, 0.2) is 80.7 Å². The van der Waals surface area contributed by atoms with Crippen LogP contribution in [0.2, 0.25) is 0 Å². The van der Waals surface area contributed by atoms with Gasteiger partial charge in [0.05, 0.1) is 6.21 Å². The number of rotatable bonds is 6. The molecular weight excluding hydrogens is 380 g/mol. The van der Waals surface area contributed by atoms with Crippen LogP contribution in [-0.4, -0.2) is 12.1 Å². The van der Waals surface area contributed by atoms with Crippen LogP contribution < -0.4 is 5.43 Å². The van der Waals surface area contributed by atoms with Gasteiger partial charge < -0.3 is 4.42 Å². The fraction of sp³-hybridized carbons (Fsp3) is 0.100. The van der Waals surface area contributed by atoms with Crippen molar-refractivity contribution in [2.24, 2.45) is 5.10 Å². The number of carbonyl (C=O) groups is 1.